The molecular formula is C14H24N2S. The fourth-order valence-corrected chi connectivity index (χ4v) is 3.74. The molecule has 0 spiro atoms. The van der Waals surface area contributed by atoms with Crippen LogP contribution in [0.3, 0.4) is 0 Å². The fourth-order valence-electron chi connectivity index (χ4n) is 2.73. The number of hydrogen-bond donors (Lipinski definition) is 1. The standard InChI is InChI=1S/C14H24N2S/c1-11(8-14-5-4-12(2)17-14)16-7-6-13(10-16)9-15-3/h4-5,11,13,15H,6-10H2,1-3H3. The van der Waals surface area contributed by atoms with E-state index in [1.807, 2.05) is 11.3 Å². The van der Waals surface area contributed by atoms with Gasteiger partial charge in [0.2, 0.25) is 0 Å². The SMILES string of the molecule is CNCC1CCN(C(C)Cc2ccc(C)s2)C1. The smallest absolute Gasteiger partial charge is 0.0115 e. The molecule has 0 aromatic carbocycles. The Morgan fingerprint density at radius 2 is 2.35 bits per heavy atom. The van der Waals surface area contributed by atoms with Crippen molar-refractivity contribution in [3.63, 3.8) is 0 Å². The summed E-state index contributed by atoms with van der Waals surface area (Å²) in [6.45, 7) is 8.28. The summed E-state index contributed by atoms with van der Waals surface area (Å²) in [5.41, 5.74) is 0. The second-order valence-corrected chi connectivity index (χ2v) is 6.65. The van der Waals surface area contributed by atoms with Crippen molar-refractivity contribution in [3.05, 3.63) is 21.9 Å². The maximum Gasteiger partial charge on any atom is 0.0115 e. The Labute approximate surface area is 109 Å². The number of thiophene rings is 1. The van der Waals surface area contributed by atoms with Crippen LogP contribution in [0.25, 0.3) is 0 Å². The molecule has 96 valence electrons. The van der Waals surface area contributed by atoms with Gasteiger partial charge < -0.3 is 5.32 Å². The zero-order valence-corrected chi connectivity index (χ0v) is 12.0. The second kappa shape index (κ2) is 5.98. The van der Waals surface area contributed by atoms with E-state index >= 15 is 0 Å². The molecule has 0 amide bonds. The van der Waals surface area contributed by atoms with E-state index in [1.165, 1.54) is 42.2 Å². The van der Waals surface area contributed by atoms with Crippen LogP contribution in [0, 0.1) is 12.8 Å². The minimum Gasteiger partial charge on any atom is -0.319 e. The summed E-state index contributed by atoms with van der Waals surface area (Å²) in [4.78, 5) is 5.62. The molecule has 2 heterocycles. The number of rotatable bonds is 5. The summed E-state index contributed by atoms with van der Waals surface area (Å²) in [5.74, 6) is 0.854. The lowest BCUT2D eigenvalue weighted by atomic mass is 10.1. The van der Waals surface area contributed by atoms with E-state index in [-0.39, 0.29) is 0 Å². The molecule has 1 saturated heterocycles. The summed E-state index contributed by atoms with van der Waals surface area (Å²) < 4.78 is 0. The van der Waals surface area contributed by atoms with Crippen molar-refractivity contribution in [2.24, 2.45) is 5.92 Å². The first-order valence-electron chi connectivity index (χ1n) is 6.63. The third-order valence-electron chi connectivity index (χ3n) is 3.73. The summed E-state index contributed by atoms with van der Waals surface area (Å²) in [5, 5.41) is 3.30. The summed E-state index contributed by atoms with van der Waals surface area (Å²) in [6, 6.07) is 5.22. The highest BCUT2D eigenvalue weighted by Gasteiger charge is 2.25. The van der Waals surface area contributed by atoms with Gasteiger partial charge in [0.25, 0.3) is 0 Å². The van der Waals surface area contributed by atoms with Crippen LogP contribution >= 0.6 is 11.3 Å². The molecule has 1 aliphatic heterocycles. The monoisotopic (exact) mass is 252 g/mol. The first-order valence-corrected chi connectivity index (χ1v) is 7.44. The molecule has 1 aromatic rings. The predicted octanol–water partition coefficient (Wildman–Crippen LogP) is 2.53. The highest BCUT2D eigenvalue weighted by Crippen LogP contribution is 2.22. The molecule has 0 radical (unpaired) electrons. The fraction of sp³-hybridized carbons (Fsp3) is 0.714. The molecule has 0 bridgehead atoms. The number of likely N-dealkylation sites (tertiary alicyclic amines) is 1. The van der Waals surface area contributed by atoms with E-state index in [2.05, 4.69) is 43.2 Å². The summed E-state index contributed by atoms with van der Waals surface area (Å²) >= 11 is 1.95. The van der Waals surface area contributed by atoms with E-state index in [9.17, 15) is 0 Å². The van der Waals surface area contributed by atoms with Crippen LogP contribution in [0.5, 0.6) is 0 Å². The molecular weight excluding hydrogens is 228 g/mol. The molecule has 1 fully saturated rings. The van der Waals surface area contributed by atoms with E-state index < -0.39 is 0 Å². The van der Waals surface area contributed by atoms with Crippen LogP contribution in [-0.2, 0) is 6.42 Å². The van der Waals surface area contributed by atoms with Gasteiger partial charge in [-0.2, -0.15) is 0 Å². The highest BCUT2D eigenvalue weighted by molar-refractivity contribution is 7.11. The van der Waals surface area contributed by atoms with Crippen molar-refractivity contribution in [1.29, 1.82) is 0 Å². The molecule has 0 aliphatic carbocycles. The average molecular weight is 252 g/mol. The molecule has 3 heteroatoms. The normalized spacial score (nSPS) is 23.1. The second-order valence-electron chi connectivity index (χ2n) is 5.27. The van der Waals surface area contributed by atoms with E-state index in [1.54, 1.807) is 0 Å². The lowest BCUT2D eigenvalue weighted by Crippen LogP contribution is -2.33. The van der Waals surface area contributed by atoms with Crippen LogP contribution in [0.4, 0.5) is 0 Å². The highest BCUT2D eigenvalue weighted by atomic mass is 32.1. The van der Waals surface area contributed by atoms with Crippen molar-refractivity contribution in [1.82, 2.24) is 10.2 Å². The minimum absolute atomic E-state index is 0.690. The average Bonchev–Trinajstić information content (AvgIpc) is 2.88. The van der Waals surface area contributed by atoms with Crippen LogP contribution in [0.15, 0.2) is 12.1 Å². The van der Waals surface area contributed by atoms with Crippen LogP contribution < -0.4 is 5.32 Å². The molecule has 2 rings (SSSR count). The zero-order valence-electron chi connectivity index (χ0n) is 11.2. The third kappa shape index (κ3) is 3.54. The van der Waals surface area contributed by atoms with Crippen molar-refractivity contribution in [2.45, 2.75) is 32.7 Å². The Morgan fingerprint density at radius 1 is 1.53 bits per heavy atom. The van der Waals surface area contributed by atoms with Gasteiger partial charge in [-0.25, -0.2) is 0 Å². The Balaban J connectivity index is 1.82. The Kier molecular flexibility index (Phi) is 4.60. The van der Waals surface area contributed by atoms with Crippen LogP contribution in [-0.4, -0.2) is 37.6 Å². The Bertz CT molecular complexity index is 348. The van der Waals surface area contributed by atoms with Crippen molar-refractivity contribution < 1.29 is 0 Å². The molecule has 2 atom stereocenters. The van der Waals surface area contributed by atoms with Gasteiger partial charge in [0.05, 0.1) is 0 Å². The molecule has 17 heavy (non-hydrogen) atoms. The third-order valence-corrected chi connectivity index (χ3v) is 4.75. The summed E-state index contributed by atoms with van der Waals surface area (Å²) in [6.07, 6.45) is 2.57. The molecule has 2 unspecified atom stereocenters. The Morgan fingerprint density at radius 3 is 3.00 bits per heavy atom. The van der Waals surface area contributed by atoms with E-state index in [0.29, 0.717) is 6.04 Å². The van der Waals surface area contributed by atoms with Gasteiger partial charge in [0.15, 0.2) is 0 Å². The molecule has 1 N–H and O–H groups in total. The maximum atomic E-state index is 3.30. The molecule has 2 nitrogen and oxygen atoms in total. The van der Waals surface area contributed by atoms with E-state index in [0.717, 1.165) is 5.92 Å². The van der Waals surface area contributed by atoms with Gasteiger partial charge in [-0.15, -0.1) is 11.3 Å². The molecule has 1 aromatic heterocycles. The number of nitrogens with zero attached hydrogens (tertiary/aromatic N) is 1. The van der Waals surface area contributed by atoms with E-state index in [4.69, 9.17) is 0 Å². The number of aryl methyl sites for hydroxylation is 1. The first-order chi connectivity index (χ1) is 8.19. The molecule has 1 aliphatic rings. The largest absolute Gasteiger partial charge is 0.319 e. The quantitative estimate of drug-likeness (QED) is 0.866. The number of hydrogen-bond acceptors (Lipinski definition) is 3. The van der Waals surface area contributed by atoms with Gasteiger partial charge in [-0.3, -0.25) is 4.90 Å². The van der Waals surface area contributed by atoms with Gasteiger partial charge in [0, 0.05) is 22.3 Å². The first kappa shape index (κ1) is 13.1. The topological polar surface area (TPSA) is 15.3 Å². The Hall–Kier alpha value is -0.380. The predicted molar refractivity (Wildman–Crippen MR) is 75.8 cm³/mol. The number of nitrogens with one attached hydrogen (secondary N) is 1. The van der Waals surface area contributed by atoms with Crippen molar-refractivity contribution in [2.75, 3.05) is 26.7 Å². The van der Waals surface area contributed by atoms with Gasteiger partial charge in [0.1, 0.15) is 0 Å². The van der Waals surface area contributed by atoms with Gasteiger partial charge in [-0.1, -0.05) is 0 Å². The molecule has 0 saturated carbocycles. The van der Waals surface area contributed by atoms with Crippen molar-refractivity contribution >= 4 is 11.3 Å². The minimum atomic E-state index is 0.690. The lowest BCUT2D eigenvalue weighted by Gasteiger charge is -2.24. The zero-order chi connectivity index (χ0) is 12.3. The maximum absolute atomic E-state index is 3.30. The van der Waals surface area contributed by atoms with Gasteiger partial charge in [-0.05, 0) is 64.9 Å². The van der Waals surface area contributed by atoms with Gasteiger partial charge >= 0.3 is 0 Å². The van der Waals surface area contributed by atoms with Crippen LogP contribution in [0.1, 0.15) is 23.1 Å². The summed E-state index contributed by atoms with van der Waals surface area (Å²) in [7, 11) is 2.06. The lowest BCUT2D eigenvalue weighted by molar-refractivity contribution is 0.248. The van der Waals surface area contributed by atoms with Crippen LogP contribution in [0.2, 0.25) is 0 Å². The van der Waals surface area contributed by atoms with Crippen molar-refractivity contribution in [3.8, 4) is 0 Å².